The average molecular weight is 691 g/mol. The number of halogens is 2. The van der Waals surface area contributed by atoms with E-state index < -0.39 is 0 Å². The summed E-state index contributed by atoms with van der Waals surface area (Å²) < 4.78 is 40.8. The van der Waals surface area contributed by atoms with Crippen molar-refractivity contribution in [3.63, 3.8) is 0 Å². The van der Waals surface area contributed by atoms with Crippen molar-refractivity contribution in [2.75, 3.05) is 19.0 Å². The van der Waals surface area contributed by atoms with Gasteiger partial charge in [-0.15, -0.1) is 21.5 Å². The predicted molar refractivity (Wildman–Crippen MR) is 185 cm³/mol. The van der Waals surface area contributed by atoms with Crippen LogP contribution in [0.2, 0.25) is 0 Å². The number of anilines is 1. The Labute approximate surface area is 290 Å². The number of carbonyl (C=O) groups is 1. The molecule has 1 saturated heterocycles. The number of ether oxygens (including phenoxy) is 1. The van der Waals surface area contributed by atoms with Crippen LogP contribution in [0.3, 0.4) is 0 Å². The van der Waals surface area contributed by atoms with Gasteiger partial charge >= 0.3 is 0 Å². The quantitative estimate of drug-likeness (QED) is 0.171. The molecule has 0 bridgehead atoms. The van der Waals surface area contributed by atoms with Crippen LogP contribution in [-0.2, 0) is 19.3 Å². The summed E-state index contributed by atoms with van der Waals surface area (Å²) in [5, 5.41) is 13.2. The van der Waals surface area contributed by atoms with E-state index >= 15 is 0 Å². The fourth-order valence-electron chi connectivity index (χ4n) is 7.86. The first kappa shape index (κ1) is 30.8. The fraction of sp³-hybridized carbons (Fsp3) is 0.289. The van der Waals surface area contributed by atoms with E-state index in [0.29, 0.717) is 53.9 Å². The van der Waals surface area contributed by atoms with E-state index in [2.05, 4.69) is 21.6 Å². The molecule has 1 N–H and O–H groups in total. The molecule has 1 fully saturated rings. The Balaban J connectivity index is 1.20. The number of rotatable bonds is 8. The highest BCUT2D eigenvalue weighted by Gasteiger charge is 2.45. The number of pyridine rings is 2. The van der Waals surface area contributed by atoms with E-state index in [9.17, 15) is 13.6 Å². The van der Waals surface area contributed by atoms with Crippen molar-refractivity contribution in [1.82, 2.24) is 25.1 Å². The van der Waals surface area contributed by atoms with Crippen LogP contribution in [-0.4, -0.2) is 44.6 Å². The molecule has 12 heteroatoms. The standard InChI is InChI=1S/C38H32F2N6O3S/c1-19-44-45-37(49-19)31-27(11-7-20-5-8-22(39)9-6-20)42-34-28-4-3-15-46(28)38(47)33(34)32(31)30-16-21-13-14-41-36(35(21)50-30)43-26-12-10-24-25(26)17-23(40)18-29(24)48-2/h5-6,8-9,13-14,16-18,26,28H,3-4,7,10-12,15H2,1-2H3,(H,41,43). The van der Waals surface area contributed by atoms with Gasteiger partial charge in [0, 0.05) is 36.2 Å². The lowest BCUT2D eigenvalue weighted by Crippen LogP contribution is -2.22. The van der Waals surface area contributed by atoms with Gasteiger partial charge in [-0.25, -0.2) is 13.8 Å². The molecular weight excluding hydrogens is 659 g/mol. The van der Waals surface area contributed by atoms with E-state index in [4.69, 9.17) is 19.1 Å². The van der Waals surface area contributed by atoms with Crippen LogP contribution in [0.15, 0.2) is 59.1 Å². The van der Waals surface area contributed by atoms with Gasteiger partial charge in [0.25, 0.3) is 5.91 Å². The number of aryl methyl sites for hydroxylation is 3. The van der Waals surface area contributed by atoms with E-state index in [0.717, 1.165) is 74.3 Å². The molecule has 3 aliphatic rings. The summed E-state index contributed by atoms with van der Waals surface area (Å²) in [6.07, 6.45) is 6.19. The molecule has 2 aliphatic heterocycles. The molecule has 9 rings (SSSR count). The van der Waals surface area contributed by atoms with Gasteiger partial charge in [0.2, 0.25) is 11.8 Å². The molecule has 252 valence electrons. The number of aromatic nitrogens is 4. The number of hydrogen-bond donors (Lipinski definition) is 1. The number of carbonyl (C=O) groups excluding carboxylic acids is 1. The molecule has 9 nitrogen and oxygen atoms in total. The zero-order valence-corrected chi connectivity index (χ0v) is 28.2. The number of thiophene rings is 1. The summed E-state index contributed by atoms with van der Waals surface area (Å²) in [5.41, 5.74) is 6.33. The summed E-state index contributed by atoms with van der Waals surface area (Å²) in [5.74, 6) is 1.28. The first-order chi connectivity index (χ1) is 24.4. The number of methoxy groups -OCH3 is 1. The molecule has 1 aliphatic carbocycles. The van der Waals surface area contributed by atoms with Gasteiger partial charge in [0.05, 0.1) is 46.4 Å². The molecule has 0 saturated carbocycles. The third-order valence-corrected chi connectivity index (χ3v) is 11.3. The van der Waals surface area contributed by atoms with Gasteiger partial charge in [0.15, 0.2) is 0 Å². The molecule has 2 atom stereocenters. The summed E-state index contributed by atoms with van der Waals surface area (Å²) in [6.45, 7) is 2.42. The van der Waals surface area contributed by atoms with Crippen LogP contribution in [0.5, 0.6) is 5.75 Å². The van der Waals surface area contributed by atoms with Crippen molar-refractivity contribution in [2.24, 2.45) is 0 Å². The van der Waals surface area contributed by atoms with Crippen LogP contribution in [0.4, 0.5) is 14.6 Å². The largest absolute Gasteiger partial charge is 0.496 e. The van der Waals surface area contributed by atoms with E-state index in [1.165, 1.54) is 29.5 Å². The molecule has 6 heterocycles. The number of nitrogens with zero attached hydrogens (tertiary/aromatic N) is 5. The zero-order chi connectivity index (χ0) is 34.1. The molecule has 0 spiro atoms. The zero-order valence-electron chi connectivity index (χ0n) is 27.4. The second-order valence-corrected chi connectivity index (χ2v) is 14.1. The second-order valence-electron chi connectivity index (χ2n) is 13.1. The van der Waals surface area contributed by atoms with Crippen molar-refractivity contribution >= 4 is 33.1 Å². The number of benzene rings is 2. The van der Waals surface area contributed by atoms with Gasteiger partial charge in [-0.3, -0.25) is 9.78 Å². The molecule has 50 heavy (non-hydrogen) atoms. The second kappa shape index (κ2) is 12.0. The van der Waals surface area contributed by atoms with Gasteiger partial charge in [-0.2, -0.15) is 0 Å². The maximum Gasteiger partial charge on any atom is 0.257 e. The molecule has 2 aromatic carbocycles. The Morgan fingerprint density at radius 2 is 1.88 bits per heavy atom. The number of nitrogens with one attached hydrogen (secondary N) is 1. The van der Waals surface area contributed by atoms with Crippen LogP contribution >= 0.6 is 11.3 Å². The van der Waals surface area contributed by atoms with Crippen molar-refractivity contribution in [2.45, 2.75) is 57.5 Å². The highest BCUT2D eigenvalue weighted by atomic mass is 32.1. The minimum Gasteiger partial charge on any atom is -0.496 e. The van der Waals surface area contributed by atoms with E-state index in [1.54, 1.807) is 38.4 Å². The third kappa shape index (κ3) is 5.03. The van der Waals surface area contributed by atoms with Crippen LogP contribution in [0.1, 0.15) is 75.7 Å². The molecule has 4 aromatic heterocycles. The first-order valence-electron chi connectivity index (χ1n) is 16.8. The highest BCUT2D eigenvalue weighted by Crippen LogP contribution is 2.51. The van der Waals surface area contributed by atoms with Crippen molar-refractivity contribution in [3.05, 3.63) is 106 Å². The predicted octanol–water partition coefficient (Wildman–Crippen LogP) is 8.18. The lowest BCUT2D eigenvalue weighted by molar-refractivity contribution is 0.0776. The Kier molecular flexibility index (Phi) is 7.38. The lowest BCUT2D eigenvalue weighted by Gasteiger charge is -2.16. The summed E-state index contributed by atoms with van der Waals surface area (Å²) in [7, 11) is 1.56. The van der Waals surface area contributed by atoms with Crippen molar-refractivity contribution in [1.29, 1.82) is 0 Å². The Hall–Kier alpha value is -5.23. The summed E-state index contributed by atoms with van der Waals surface area (Å²) >= 11 is 1.54. The number of amides is 1. The summed E-state index contributed by atoms with van der Waals surface area (Å²) in [4.78, 5) is 27.0. The van der Waals surface area contributed by atoms with Gasteiger partial charge in [0.1, 0.15) is 23.2 Å². The fourth-order valence-corrected chi connectivity index (χ4v) is 9.03. The molecule has 1 amide bonds. The molecule has 0 radical (unpaired) electrons. The van der Waals surface area contributed by atoms with Crippen LogP contribution in [0, 0.1) is 18.6 Å². The maximum absolute atomic E-state index is 14.6. The first-order valence-corrected chi connectivity index (χ1v) is 17.6. The third-order valence-electron chi connectivity index (χ3n) is 10.1. The number of hydrogen-bond acceptors (Lipinski definition) is 9. The minimum absolute atomic E-state index is 0.0416. The lowest BCUT2D eigenvalue weighted by atomic mass is 9.93. The highest BCUT2D eigenvalue weighted by molar-refractivity contribution is 7.23. The van der Waals surface area contributed by atoms with Crippen LogP contribution in [0.25, 0.3) is 32.0 Å². The van der Waals surface area contributed by atoms with E-state index in [1.807, 2.05) is 11.0 Å². The smallest absolute Gasteiger partial charge is 0.257 e. The minimum atomic E-state index is -0.338. The summed E-state index contributed by atoms with van der Waals surface area (Å²) in [6, 6.07) is 13.3. The van der Waals surface area contributed by atoms with Crippen molar-refractivity contribution < 1.29 is 22.7 Å². The van der Waals surface area contributed by atoms with Gasteiger partial charge < -0.3 is 19.4 Å². The Morgan fingerprint density at radius 3 is 2.68 bits per heavy atom. The topological polar surface area (TPSA) is 106 Å². The molecule has 2 unspecified atom stereocenters. The van der Waals surface area contributed by atoms with Crippen LogP contribution < -0.4 is 10.1 Å². The average Bonchev–Trinajstić information content (AvgIpc) is 3.95. The molecule has 6 aromatic rings. The maximum atomic E-state index is 14.6. The van der Waals surface area contributed by atoms with Crippen molar-refractivity contribution in [3.8, 4) is 27.6 Å². The monoisotopic (exact) mass is 690 g/mol. The number of fused-ring (bicyclic) bond motifs is 5. The van der Waals surface area contributed by atoms with Gasteiger partial charge in [-0.05, 0) is 90.9 Å². The molecular formula is C38H32F2N6O3S. The normalized spacial score (nSPS) is 17.8. The Bertz CT molecular complexity index is 2320. The van der Waals surface area contributed by atoms with Gasteiger partial charge in [-0.1, -0.05) is 12.1 Å². The Morgan fingerprint density at radius 1 is 1.02 bits per heavy atom. The SMILES string of the molecule is COc1cc(F)cc2c1CCC2Nc1nccc2cc(-c3c4c(nc(CCc5ccc(F)cc5)c3-c3nnc(C)o3)C3CCCN3C4=O)sc12. The van der Waals surface area contributed by atoms with E-state index in [-0.39, 0.29) is 29.6 Å².